The van der Waals surface area contributed by atoms with Gasteiger partial charge in [-0.15, -0.1) is 0 Å². The van der Waals surface area contributed by atoms with Gasteiger partial charge in [0.2, 0.25) is 17.7 Å². The highest BCUT2D eigenvalue weighted by Crippen LogP contribution is 2.32. The predicted molar refractivity (Wildman–Crippen MR) is 185 cm³/mol. The number of anilines is 2. The number of imide groups is 2. The molecule has 1 fully saturated rings. The zero-order chi connectivity index (χ0) is 34.4. The first-order valence-corrected chi connectivity index (χ1v) is 16.3. The molecule has 2 aromatic carbocycles. The SMILES string of the molecule is CNc1ccc(/C=C/c2ccc(OC(C)C(C)COC(C)C(C)CNc3cccc4c3C(=O)N(C3CCC(=O)NC3=O)C4=O)nc2)cc1. The molecule has 5 unspecified atom stereocenters. The molecule has 1 saturated heterocycles. The summed E-state index contributed by atoms with van der Waals surface area (Å²) in [4.78, 5) is 56.0. The van der Waals surface area contributed by atoms with E-state index in [1.165, 1.54) is 0 Å². The van der Waals surface area contributed by atoms with Crippen LogP contribution in [0.25, 0.3) is 12.2 Å². The van der Waals surface area contributed by atoms with Gasteiger partial charge in [-0.3, -0.25) is 29.4 Å². The van der Waals surface area contributed by atoms with E-state index in [0.717, 1.165) is 21.7 Å². The molecule has 2 aliphatic rings. The Labute approximate surface area is 281 Å². The fourth-order valence-corrected chi connectivity index (χ4v) is 5.52. The number of piperidine rings is 1. The van der Waals surface area contributed by atoms with Gasteiger partial charge < -0.3 is 20.1 Å². The van der Waals surface area contributed by atoms with Gasteiger partial charge in [-0.05, 0) is 67.6 Å². The summed E-state index contributed by atoms with van der Waals surface area (Å²) in [5.41, 5.74) is 4.15. The van der Waals surface area contributed by atoms with Crippen molar-refractivity contribution in [2.24, 2.45) is 11.8 Å². The van der Waals surface area contributed by atoms with Crippen LogP contribution in [0.15, 0.2) is 60.8 Å². The highest BCUT2D eigenvalue weighted by molar-refractivity contribution is 6.25. The molecule has 5 rings (SSSR count). The summed E-state index contributed by atoms with van der Waals surface area (Å²) >= 11 is 0. The van der Waals surface area contributed by atoms with Gasteiger partial charge in [0, 0.05) is 49.6 Å². The average molecular weight is 654 g/mol. The molecule has 2 aliphatic heterocycles. The number of nitrogens with one attached hydrogen (secondary N) is 3. The Morgan fingerprint density at radius 2 is 1.65 bits per heavy atom. The van der Waals surface area contributed by atoms with Gasteiger partial charge in [0.05, 0.1) is 23.8 Å². The van der Waals surface area contributed by atoms with Crippen LogP contribution in [0, 0.1) is 11.8 Å². The van der Waals surface area contributed by atoms with Gasteiger partial charge in [0.15, 0.2) is 0 Å². The van der Waals surface area contributed by atoms with Crippen molar-refractivity contribution in [2.75, 3.05) is 30.8 Å². The Morgan fingerprint density at radius 3 is 2.33 bits per heavy atom. The molecule has 3 heterocycles. The third-order valence-electron chi connectivity index (χ3n) is 9.04. The fraction of sp³-hybridized carbons (Fsp3) is 0.378. The zero-order valence-electron chi connectivity index (χ0n) is 28.0. The standard InChI is InChI=1S/C37H43N5O6/c1-22(19-39-30-8-6-7-29-34(30)37(46)42(36(29)45)31-16-17-32(43)41-35(31)44)24(3)47-21-23(2)25(4)48-33-18-13-27(20-40-33)10-9-26-11-14-28(38-5)15-12-26/h6-15,18,20,22-25,31,38-39H,16-17,19,21H2,1-5H3,(H,41,43,44)/b10-9+. The topological polar surface area (TPSA) is 139 Å². The largest absolute Gasteiger partial charge is 0.474 e. The third-order valence-corrected chi connectivity index (χ3v) is 9.04. The van der Waals surface area contributed by atoms with Crippen LogP contribution in [0.1, 0.15) is 72.4 Å². The van der Waals surface area contributed by atoms with E-state index in [2.05, 4.69) is 40.0 Å². The van der Waals surface area contributed by atoms with Crippen molar-refractivity contribution in [3.63, 3.8) is 0 Å². The summed E-state index contributed by atoms with van der Waals surface area (Å²) in [5.74, 6) is -1.40. The molecule has 0 spiro atoms. The van der Waals surface area contributed by atoms with Crippen molar-refractivity contribution in [3.8, 4) is 5.88 Å². The first kappa shape index (κ1) is 34.3. The van der Waals surface area contributed by atoms with E-state index in [4.69, 9.17) is 9.47 Å². The second-order valence-electron chi connectivity index (χ2n) is 12.5. The minimum absolute atomic E-state index is 0.0613. The monoisotopic (exact) mass is 653 g/mol. The summed E-state index contributed by atoms with van der Waals surface area (Å²) in [5, 5.41) is 8.65. The van der Waals surface area contributed by atoms with Crippen LogP contribution < -0.4 is 20.7 Å². The summed E-state index contributed by atoms with van der Waals surface area (Å²) in [6.07, 6.45) is 5.79. The van der Waals surface area contributed by atoms with E-state index >= 15 is 0 Å². The van der Waals surface area contributed by atoms with Crippen LogP contribution in [0.5, 0.6) is 5.88 Å². The number of hydrogen-bond acceptors (Lipinski definition) is 9. The van der Waals surface area contributed by atoms with E-state index in [0.29, 0.717) is 24.7 Å². The lowest BCUT2D eigenvalue weighted by Gasteiger charge is -2.28. The van der Waals surface area contributed by atoms with Crippen molar-refractivity contribution in [2.45, 2.75) is 58.8 Å². The minimum atomic E-state index is -1.01. The normalized spacial score (nSPS) is 18.7. The van der Waals surface area contributed by atoms with E-state index in [1.807, 2.05) is 64.2 Å². The maximum absolute atomic E-state index is 13.4. The lowest BCUT2D eigenvalue weighted by molar-refractivity contribution is -0.136. The van der Waals surface area contributed by atoms with Crippen molar-refractivity contribution >= 4 is 47.2 Å². The lowest BCUT2D eigenvalue weighted by atomic mass is 10.0. The summed E-state index contributed by atoms with van der Waals surface area (Å²) in [6.45, 7) is 9.09. The van der Waals surface area contributed by atoms with E-state index in [9.17, 15) is 19.2 Å². The molecule has 0 radical (unpaired) electrons. The number of benzene rings is 2. The molecule has 3 aromatic rings. The molecule has 0 aliphatic carbocycles. The zero-order valence-corrected chi connectivity index (χ0v) is 28.0. The van der Waals surface area contributed by atoms with Crippen LogP contribution in [-0.2, 0) is 14.3 Å². The number of rotatable bonds is 14. The number of nitrogens with zero attached hydrogens (tertiary/aromatic N) is 2. The van der Waals surface area contributed by atoms with Gasteiger partial charge >= 0.3 is 0 Å². The van der Waals surface area contributed by atoms with Crippen LogP contribution in [0.4, 0.5) is 11.4 Å². The number of amides is 4. The Kier molecular flexibility index (Phi) is 10.9. The van der Waals surface area contributed by atoms with Gasteiger partial charge in [0.25, 0.3) is 11.8 Å². The summed E-state index contributed by atoms with van der Waals surface area (Å²) in [7, 11) is 1.90. The molecule has 252 valence electrons. The highest BCUT2D eigenvalue weighted by Gasteiger charge is 2.45. The first-order valence-electron chi connectivity index (χ1n) is 16.3. The maximum Gasteiger partial charge on any atom is 0.264 e. The van der Waals surface area contributed by atoms with E-state index < -0.39 is 29.7 Å². The fourth-order valence-electron chi connectivity index (χ4n) is 5.52. The molecule has 3 N–H and O–H groups in total. The van der Waals surface area contributed by atoms with E-state index in [1.54, 1.807) is 24.4 Å². The molecular weight excluding hydrogens is 610 g/mol. The Morgan fingerprint density at radius 1 is 0.917 bits per heavy atom. The molecule has 48 heavy (non-hydrogen) atoms. The molecule has 11 nitrogen and oxygen atoms in total. The number of aromatic nitrogens is 1. The Bertz CT molecular complexity index is 1670. The van der Waals surface area contributed by atoms with Crippen molar-refractivity contribution < 1.29 is 28.7 Å². The van der Waals surface area contributed by atoms with Crippen molar-refractivity contribution in [1.29, 1.82) is 0 Å². The lowest BCUT2D eigenvalue weighted by Crippen LogP contribution is -2.54. The predicted octanol–water partition coefficient (Wildman–Crippen LogP) is 5.25. The molecule has 1 aromatic heterocycles. The average Bonchev–Trinajstić information content (AvgIpc) is 3.35. The van der Waals surface area contributed by atoms with Gasteiger partial charge in [0.1, 0.15) is 12.1 Å². The van der Waals surface area contributed by atoms with E-state index in [-0.39, 0.29) is 48.0 Å². The van der Waals surface area contributed by atoms with Crippen LogP contribution >= 0.6 is 0 Å². The van der Waals surface area contributed by atoms with Crippen LogP contribution in [-0.4, -0.2) is 72.0 Å². The minimum Gasteiger partial charge on any atom is -0.474 e. The summed E-state index contributed by atoms with van der Waals surface area (Å²) in [6, 6.07) is 16.0. The smallest absolute Gasteiger partial charge is 0.264 e. The Balaban J connectivity index is 1.08. The quantitative estimate of drug-likeness (QED) is 0.199. The number of carbonyl (C=O) groups excluding carboxylic acids is 4. The van der Waals surface area contributed by atoms with Crippen LogP contribution in [0.2, 0.25) is 0 Å². The van der Waals surface area contributed by atoms with Gasteiger partial charge in [-0.1, -0.05) is 44.2 Å². The number of hydrogen-bond donors (Lipinski definition) is 3. The second-order valence-corrected chi connectivity index (χ2v) is 12.5. The molecule has 5 atom stereocenters. The number of pyridine rings is 1. The molecule has 0 saturated carbocycles. The number of fused-ring (bicyclic) bond motifs is 1. The molecule has 0 bridgehead atoms. The first-order chi connectivity index (χ1) is 23.0. The molecular formula is C37H43N5O6. The Hall–Kier alpha value is -5.03. The van der Waals surface area contributed by atoms with Crippen LogP contribution in [0.3, 0.4) is 0 Å². The second kappa shape index (κ2) is 15.2. The van der Waals surface area contributed by atoms with Gasteiger partial charge in [-0.25, -0.2) is 4.98 Å². The number of ether oxygens (including phenoxy) is 2. The molecule has 11 heteroatoms. The maximum atomic E-state index is 13.4. The van der Waals surface area contributed by atoms with Crippen molar-refractivity contribution in [3.05, 3.63) is 83.0 Å². The highest BCUT2D eigenvalue weighted by atomic mass is 16.5. The van der Waals surface area contributed by atoms with Crippen molar-refractivity contribution in [1.82, 2.24) is 15.2 Å². The summed E-state index contributed by atoms with van der Waals surface area (Å²) < 4.78 is 12.3. The third kappa shape index (κ3) is 7.91. The number of carbonyl (C=O) groups is 4. The van der Waals surface area contributed by atoms with Gasteiger partial charge in [-0.2, -0.15) is 0 Å². The molecule has 4 amide bonds.